The molecular weight excluding hydrogens is 223 g/mol. The van der Waals surface area contributed by atoms with Crippen molar-refractivity contribution in [3.8, 4) is 0 Å². The van der Waals surface area contributed by atoms with Crippen LogP contribution in [0, 0.1) is 16.7 Å². The molecule has 1 rings (SSSR count). The van der Waals surface area contributed by atoms with Gasteiger partial charge in [0.25, 0.3) is 0 Å². The maximum absolute atomic E-state index is 11.2. The van der Waals surface area contributed by atoms with E-state index in [1.807, 2.05) is 13.8 Å². The number of rotatable bonds is 2. The van der Waals surface area contributed by atoms with E-state index in [9.17, 15) is 9.90 Å². The van der Waals surface area contributed by atoms with Gasteiger partial charge in [-0.3, -0.25) is 4.79 Å². The van der Waals surface area contributed by atoms with Crippen LogP contribution in [0.5, 0.6) is 0 Å². The Morgan fingerprint density at radius 2 is 1.93 bits per heavy atom. The highest BCUT2D eigenvalue weighted by atomic mass is 35.5. The Hall–Kier alpha value is 0.0500. The molecule has 2 unspecified atom stereocenters. The zero-order valence-electron chi connectivity index (χ0n) is 8.68. The van der Waals surface area contributed by atoms with Gasteiger partial charge in [-0.2, -0.15) is 0 Å². The summed E-state index contributed by atoms with van der Waals surface area (Å²) in [5, 5.41) is 9.22. The average molecular weight is 239 g/mol. The summed E-state index contributed by atoms with van der Waals surface area (Å²) in [6, 6.07) is 0. The quantitative estimate of drug-likeness (QED) is 0.750. The molecule has 1 aliphatic carbocycles. The summed E-state index contributed by atoms with van der Waals surface area (Å²) in [5.41, 5.74) is -1.06. The lowest BCUT2D eigenvalue weighted by atomic mass is 9.66. The SMILES string of the molecule is CC1(C(=O)O)CCC(C(Cl)Cl)C1(C)C. The molecule has 0 amide bonds. The first-order valence-corrected chi connectivity index (χ1v) is 5.62. The molecule has 1 aliphatic rings. The van der Waals surface area contributed by atoms with Crippen LogP contribution in [0.1, 0.15) is 33.6 Å². The van der Waals surface area contributed by atoms with Crippen molar-refractivity contribution in [2.45, 2.75) is 38.4 Å². The minimum atomic E-state index is -0.751. The molecule has 0 bridgehead atoms. The lowest BCUT2D eigenvalue weighted by Gasteiger charge is -2.38. The van der Waals surface area contributed by atoms with E-state index in [2.05, 4.69) is 0 Å². The molecule has 4 heteroatoms. The van der Waals surface area contributed by atoms with Gasteiger partial charge in [-0.15, -0.1) is 23.2 Å². The molecule has 0 aliphatic heterocycles. The van der Waals surface area contributed by atoms with Crippen LogP contribution >= 0.6 is 23.2 Å². The number of aliphatic carboxylic acids is 1. The van der Waals surface area contributed by atoms with Crippen LogP contribution in [-0.4, -0.2) is 15.9 Å². The minimum Gasteiger partial charge on any atom is -0.481 e. The molecule has 0 aromatic heterocycles. The first-order valence-electron chi connectivity index (χ1n) is 4.75. The van der Waals surface area contributed by atoms with Crippen molar-refractivity contribution in [2.24, 2.45) is 16.7 Å². The zero-order chi connectivity index (χ0) is 11.1. The summed E-state index contributed by atoms with van der Waals surface area (Å²) < 4.78 is 0. The molecule has 0 aromatic rings. The summed E-state index contributed by atoms with van der Waals surface area (Å²) in [6.45, 7) is 5.67. The average Bonchev–Trinajstić information content (AvgIpc) is 2.24. The fourth-order valence-corrected chi connectivity index (χ4v) is 3.24. The molecule has 2 nitrogen and oxygen atoms in total. The predicted octanol–water partition coefficient (Wildman–Crippen LogP) is 3.32. The highest BCUT2D eigenvalue weighted by Gasteiger charge is 2.57. The van der Waals surface area contributed by atoms with Crippen molar-refractivity contribution in [3.63, 3.8) is 0 Å². The van der Waals surface area contributed by atoms with Crippen LogP contribution in [0.15, 0.2) is 0 Å². The largest absolute Gasteiger partial charge is 0.481 e. The lowest BCUT2D eigenvalue weighted by molar-refractivity contribution is -0.154. The molecule has 14 heavy (non-hydrogen) atoms. The third-order valence-corrected chi connectivity index (χ3v) is 4.69. The Morgan fingerprint density at radius 3 is 2.14 bits per heavy atom. The number of alkyl halides is 2. The Kier molecular flexibility index (Phi) is 3.09. The van der Waals surface area contributed by atoms with Crippen LogP contribution < -0.4 is 0 Å². The molecule has 0 spiro atoms. The van der Waals surface area contributed by atoms with Gasteiger partial charge in [-0.25, -0.2) is 0 Å². The maximum atomic E-state index is 11.2. The molecule has 1 saturated carbocycles. The van der Waals surface area contributed by atoms with Gasteiger partial charge in [0.15, 0.2) is 0 Å². The number of hydrogen-bond acceptors (Lipinski definition) is 1. The van der Waals surface area contributed by atoms with E-state index < -0.39 is 16.2 Å². The van der Waals surface area contributed by atoms with E-state index in [-0.39, 0.29) is 11.3 Å². The van der Waals surface area contributed by atoms with Gasteiger partial charge in [0.1, 0.15) is 4.84 Å². The minimum absolute atomic E-state index is 0.0620. The Morgan fingerprint density at radius 1 is 1.43 bits per heavy atom. The van der Waals surface area contributed by atoms with E-state index in [1.54, 1.807) is 6.92 Å². The zero-order valence-corrected chi connectivity index (χ0v) is 10.2. The predicted molar refractivity (Wildman–Crippen MR) is 57.7 cm³/mol. The Balaban J connectivity index is 3.02. The number of carboxylic acids is 1. The molecule has 1 fully saturated rings. The topological polar surface area (TPSA) is 37.3 Å². The monoisotopic (exact) mass is 238 g/mol. The molecule has 0 radical (unpaired) electrons. The summed E-state index contributed by atoms with van der Waals surface area (Å²) >= 11 is 11.7. The van der Waals surface area contributed by atoms with Crippen molar-refractivity contribution in [2.75, 3.05) is 0 Å². The fraction of sp³-hybridized carbons (Fsp3) is 0.900. The van der Waals surface area contributed by atoms with E-state index in [1.165, 1.54) is 0 Å². The van der Waals surface area contributed by atoms with Gasteiger partial charge >= 0.3 is 5.97 Å². The van der Waals surface area contributed by atoms with Crippen LogP contribution in [-0.2, 0) is 4.79 Å². The van der Waals surface area contributed by atoms with Crippen molar-refractivity contribution >= 4 is 29.2 Å². The fourth-order valence-electron chi connectivity index (χ4n) is 2.36. The Labute approximate surface area is 94.6 Å². The van der Waals surface area contributed by atoms with E-state index in [0.717, 1.165) is 6.42 Å². The second-order valence-corrected chi connectivity index (χ2v) is 6.00. The summed E-state index contributed by atoms with van der Waals surface area (Å²) in [7, 11) is 0. The standard InChI is InChI=1S/C10H16Cl2O2/c1-9(2)6(7(11)12)4-5-10(9,3)8(13)14/h6-7H,4-5H2,1-3H3,(H,13,14). The molecule has 1 N–H and O–H groups in total. The normalized spacial score (nSPS) is 36.3. The van der Waals surface area contributed by atoms with Gasteiger partial charge in [-0.05, 0) is 31.1 Å². The van der Waals surface area contributed by atoms with Gasteiger partial charge < -0.3 is 5.11 Å². The van der Waals surface area contributed by atoms with Crippen molar-refractivity contribution in [3.05, 3.63) is 0 Å². The van der Waals surface area contributed by atoms with Crippen molar-refractivity contribution in [1.29, 1.82) is 0 Å². The maximum Gasteiger partial charge on any atom is 0.309 e. The van der Waals surface area contributed by atoms with Crippen molar-refractivity contribution < 1.29 is 9.90 Å². The van der Waals surface area contributed by atoms with E-state index in [4.69, 9.17) is 23.2 Å². The van der Waals surface area contributed by atoms with Crippen LogP contribution in [0.3, 0.4) is 0 Å². The summed E-state index contributed by atoms with van der Waals surface area (Å²) in [6.07, 6.45) is 1.43. The summed E-state index contributed by atoms with van der Waals surface area (Å²) in [5.74, 6) is -0.689. The third kappa shape index (κ3) is 1.53. The van der Waals surface area contributed by atoms with Gasteiger partial charge in [-0.1, -0.05) is 13.8 Å². The molecule has 0 heterocycles. The second kappa shape index (κ2) is 3.57. The highest BCUT2D eigenvalue weighted by molar-refractivity contribution is 6.44. The number of hydrogen-bond donors (Lipinski definition) is 1. The molecule has 82 valence electrons. The first kappa shape index (κ1) is 12.1. The van der Waals surface area contributed by atoms with Crippen LogP contribution in [0.2, 0.25) is 0 Å². The van der Waals surface area contributed by atoms with Crippen LogP contribution in [0.25, 0.3) is 0 Å². The van der Waals surface area contributed by atoms with Gasteiger partial charge in [0.2, 0.25) is 0 Å². The van der Waals surface area contributed by atoms with E-state index >= 15 is 0 Å². The first-order chi connectivity index (χ1) is 6.23. The van der Waals surface area contributed by atoms with Crippen LogP contribution in [0.4, 0.5) is 0 Å². The molecular formula is C10H16Cl2O2. The van der Waals surface area contributed by atoms with Gasteiger partial charge in [0, 0.05) is 0 Å². The molecule has 0 aromatic carbocycles. The highest BCUT2D eigenvalue weighted by Crippen LogP contribution is 2.58. The van der Waals surface area contributed by atoms with Crippen molar-refractivity contribution in [1.82, 2.24) is 0 Å². The summed E-state index contributed by atoms with van der Waals surface area (Å²) in [4.78, 5) is 10.7. The lowest BCUT2D eigenvalue weighted by Crippen LogP contribution is -2.42. The Bertz CT molecular complexity index is 251. The number of halogens is 2. The smallest absolute Gasteiger partial charge is 0.309 e. The third-order valence-electron chi connectivity index (χ3n) is 4.08. The molecule has 0 saturated heterocycles. The second-order valence-electron chi connectivity index (χ2n) is 4.84. The number of carboxylic acid groups (broad SMARTS) is 1. The number of carbonyl (C=O) groups is 1. The van der Waals surface area contributed by atoms with E-state index in [0.29, 0.717) is 6.42 Å². The van der Waals surface area contributed by atoms with Gasteiger partial charge in [0.05, 0.1) is 5.41 Å². The molecule has 2 atom stereocenters.